The number of aliphatic hydroxyl groups excluding tert-OH is 1. The van der Waals surface area contributed by atoms with Gasteiger partial charge in [-0.3, -0.25) is 0 Å². The minimum Gasteiger partial charge on any atom is -0.497 e. The molecule has 0 saturated carbocycles. The SMILES string of the molecule is COC(=O)N1C[C@H](c2cccc(OC)c2)N(c2ccc(Oc3ccc(Cl)cc3)cc2)S1(=O)=O.COc1cccc([C@@H](CO)NC(=O)OCc2ccccc2)c1.Clc1ccc(Oc2ccc(I)cc2)cc1. The first-order valence-corrected chi connectivity index (χ1v) is 24.5. The van der Waals surface area contributed by atoms with Crippen molar-refractivity contribution in [3.63, 3.8) is 0 Å². The number of rotatable bonds is 13. The number of hydrogen-bond donors (Lipinski definition) is 2. The highest BCUT2D eigenvalue weighted by molar-refractivity contribution is 14.1. The van der Waals surface area contributed by atoms with Crippen LogP contribution in [0.3, 0.4) is 0 Å². The van der Waals surface area contributed by atoms with E-state index in [0.29, 0.717) is 44.3 Å². The van der Waals surface area contributed by atoms with Gasteiger partial charge in [0.05, 0.1) is 52.3 Å². The van der Waals surface area contributed by atoms with Crippen molar-refractivity contribution in [1.82, 2.24) is 9.62 Å². The standard InChI is InChI=1S/C23H21ClN2O6S.C17H19NO4.C12H8ClIO/c1-30-21-5-3-4-16(14-21)22-15-25(23(27)31-2)33(28,29)26(22)18-8-12-20(13-9-18)32-19-10-6-17(24)7-11-19;1-21-15-9-5-8-14(10-15)16(11-19)18-17(20)22-12-13-6-3-2-4-7-13;13-9-1-5-11(6-2-9)15-12-7-3-10(14)4-8-12/h3-14,22H,15H2,1-2H3;2-10,16,19H,11-12H2,1H3,(H,18,20);1-8H/t22-;16-;/m11./s1. The lowest BCUT2D eigenvalue weighted by atomic mass is 10.1. The first-order chi connectivity index (χ1) is 33.8. The zero-order chi connectivity index (χ0) is 50.0. The first kappa shape index (κ1) is 52.7. The molecule has 8 rings (SSSR count). The molecular weight excluding hydrogens is 1070 g/mol. The second-order valence-corrected chi connectivity index (χ2v) is 18.7. The highest BCUT2D eigenvalue weighted by Gasteiger charge is 2.48. The van der Waals surface area contributed by atoms with Crippen LogP contribution in [0.1, 0.15) is 28.8 Å². The highest BCUT2D eigenvalue weighted by Crippen LogP contribution is 2.40. The predicted octanol–water partition coefficient (Wildman–Crippen LogP) is 12.4. The Balaban J connectivity index is 0.000000187. The molecule has 14 nitrogen and oxygen atoms in total. The van der Waals surface area contributed by atoms with Crippen molar-refractivity contribution < 1.29 is 51.5 Å². The summed E-state index contributed by atoms with van der Waals surface area (Å²) in [5.74, 6) is 3.97. The molecule has 1 heterocycles. The monoisotopic (exact) mass is 1120 g/mol. The van der Waals surface area contributed by atoms with Crippen molar-refractivity contribution >= 4 is 73.9 Å². The third-order valence-corrected chi connectivity index (χ3v) is 13.2. The second kappa shape index (κ2) is 25.8. The molecule has 2 amide bonds. The van der Waals surface area contributed by atoms with Gasteiger partial charge in [0.15, 0.2) is 0 Å². The summed E-state index contributed by atoms with van der Waals surface area (Å²) in [6.07, 6.45) is -1.53. The maximum Gasteiger partial charge on any atom is 0.424 e. The summed E-state index contributed by atoms with van der Waals surface area (Å²) in [6.45, 7) is -0.151. The molecule has 0 radical (unpaired) electrons. The van der Waals surface area contributed by atoms with E-state index in [1.54, 1.807) is 104 Å². The van der Waals surface area contributed by atoms with Crippen molar-refractivity contribution in [2.75, 3.05) is 38.8 Å². The van der Waals surface area contributed by atoms with Crippen LogP contribution < -0.4 is 28.6 Å². The molecule has 1 aliphatic rings. The Bertz CT molecular complexity index is 2840. The number of anilines is 1. The number of alkyl carbamates (subject to hydrolysis) is 1. The Morgan fingerprint density at radius 2 is 1.19 bits per heavy atom. The van der Waals surface area contributed by atoms with Crippen LogP contribution in [0.5, 0.6) is 34.5 Å². The van der Waals surface area contributed by atoms with Crippen molar-refractivity contribution in [3.05, 3.63) is 206 Å². The number of nitrogens with zero attached hydrogens (tertiary/aromatic N) is 2. The van der Waals surface area contributed by atoms with Gasteiger partial charge >= 0.3 is 22.4 Å². The van der Waals surface area contributed by atoms with Crippen LogP contribution >= 0.6 is 45.8 Å². The van der Waals surface area contributed by atoms with Crippen molar-refractivity contribution in [2.24, 2.45) is 0 Å². The van der Waals surface area contributed by atoms with E-state index < -0.39 is 34.5 Å². The van der Waals surface area contributed by atoms with Crippen LogP contribution in [0.2, 0.25) is 10.0 Å². The molecule has 0 unspecified atom stereocenters. The maximum absolute atomic E-state index is 13.3. The smallest absolute Gasteiger partial charge is 0.424 e. The predicted molar refractivity (Wildman–Crippen MR) is 277 cm³/mol. The lowest BCUT2D eigenvalue weighted by Crippen LogP contribution is -2.37. The van der Waals surface area contributed by atoms with Crippen LogP contribution in [0.25, 0.3) is 0 Å². The number of aliphatic hydroxyl groups is 1. The lowest BCUT2D eigenvalue weighted by Gasteiger charge is -2.24. The van der Waals surface area contributed by atoms with E-state index >= 15 is 0 Å². The quantitative estimate of drug-likeness (QED) is 0.106. The molecule has 1 saturated heterocycles. The van der Waals surface area contributed by atoms with Gasteiger partial charge in [0, 0.05) is 13.6 Å². The molecule has 18 heteroatoms. The maximum atomic E-state index is 13.3. The van der Waals surface area contributed by atoms with Gasteiger partial charge in [-0.15, -0.1) is 0 Å². The molecule has 0 spiro atoms. The summed E-state index contributed by atoms with van der Waals surface area (Å²) in [4.78, 5) is 24.1. The molecule has 0 aromatic heterocycles. The number of halogens is 3. The van der Waals surface area contributed by atoms with Crippen molar-refractivity contribution in [3.8, 4) is 34.5 Å². The van der Waals surface area contributed by atoms with E-state index in [1.807, 2.05) is 78.9 Å². The van der Waals surface area contributed by atoms with Crippen molar-refractivity contribution in [1.29, 1.82) is 0 Å². The molecule has 2 atom stereocenters. The number of amides is 2. The minimum atomic E-state index is -4.19. The van der Waals surface area contributed by atoms with E-state index in [4.69, 9.17) is 51.6 Å². The van der Waals surface area contributed by atoms with Gasteiger partial charge < -0.3 is 38.8 Å². The highest BCUT2D eigenvalue weighted by atomic mass is 127. The summed E-state index contributed by atoms with van der Waals surface area (Å²) in [6, 6.07) is 51.1. The van der Waals surface area contributed by atoms with E-state index in [2.05, 4.69) is 27.9 Å². The van der Waals surface area contributed by atoms with Gasteiger partial charge in [0.2, 0.25) is 0 Å². The largest absolute Gasteiger partial charge is 0.497 e. The average Bonchev–Trinajstić information content (AvgIpc) is 3.67. The van der Waals surface area contributed by atoms with E-state index in [1.165, 1.54) is 15.0 Å². The second-order valence-electron chi connectivity index (χ2n) is 14.9. The van der Waals surface area contributed by atoms with Crippen LogP contribution in [0.15, 0.2) is 176 Å². The molecule has 2 N–H and O–H groups in total. The van der Waals surface area contributed by atoms with Crippen LogP contribution in [0, 0.1) is 3.57 Å². The number of ether oxygens (including phenoxy) is 6. The van der Waals surface area contributed by atoms with E-state index in [0.717, 1.165) is 34.0 Å². The van der Waals surface area contributed by atoms with Gasteiger partial charge in [0.1, 0.15) is 41.1 Å². The Morgan fingerprint density at radius 3 is 1.71 bits per heavy atom. The molecular formula is C52H48Cl2IN3O11S. The third-order valence-electron chi connectivity index (χ3n) is 10.2. The molecule has 364 valence electrons. The summed E-state index contributed by atoms with van der Waals surface area (Å²) in [5, 5.41) is 13.4. The van der Waals surface area contributed by atoms with Gasteiger partial charge in [-0.05, 0) is 161 Å². The molecule has 1 aliphatic heterocycles. The van der Waals surface area contributed by atoms with E-state index in [-0.39, 0.29) is 19.8 Å². The van der Waals surface area contributed by atoms with Gasteiger partial charge in [-0.1, -0.05) is 77.8 Å². The normalized spacial score (nSPS) is 13.8. The van der Waals surface area contributed by atoms with E-state index in [9.17, 15) is 23.1 Å². The zero-order valence-electron chi connectivity index (χ0n) is 38.0. The Labute approximate surface area is 430 Å². The Kier molecular flexibility index (Phi) is 19.4. The topological polar surface area (TPSA) is 162 Å². The summed E-state index contributed by atoms with van der Waals surface area (Å²) in [7, 11) is 0.0473. The fourth-order valence-electron chi connectivity index (χ4n) is 6.71. The summed E-state index contributed by atoms with van der Waals surface area (Å²) in [5.41, 5.74) is 2.70. The lowest BCUT2D eigenvalue weighted by molar-refractivity contribution is 0.129. The molecule has 7 aromatic carbocycles. The number of methoxy groups -OCH3 is 3. The average molecular weight is 1120 g/mol. The Hall–Kier alpha value is -6.70. The van der Waals surface area contributed by atoms with Gasteiger partial charge in [0.25, 0.3) is 0 Å². The first-order valence-electron chi connectivity index (χ1n) is 21.3. The Morgan fingerprint density at radius 1 is 0.671 bits per heavy atom. The number of nitrogens with one attached hydrogen (secondary N) is 1. The van der Waals surface area contributed by atoms with Crippen LogP contribution in [0.4, 0.5) is 15.3 Å². The molecule has 0 aliphatic carbocycles. The van der Waals surface area contributed by atoms with Crippen molar-refractivity contribution in [2.45, 2.75) is 18.7 Å². The van der Waals surface area contributed by atoms with Crippen LogP contribution in [-0.2, 0) is 26.3 Å². The van der Waals surface area contributed by atoms with Crippen LogP contribution in [-0.4, -0.2) is 64.5 Å². The molecule has 70 heavy (non-hydrogen) atoms. The van der Waals surface area contributed by atoms with Gasteiger partial charge in [-0.2, -0.15) is 12.7 Å². The van der Waals surface area contributed by atoms with Gasteiger partial charge in [-0.25, -0.2) is 13.9 Å². The number of carbonyl (C=O) groups excluding carboxylic acids is 2. The minimum absolute atomic E-state index is 0.106. The summed E-state index contributed by atoms with van der Waals surface area (Å²) < 4.78 is 61.4. The molecule has 7 aromatic rings. The number of benzene rings is 7. The molecule has 0 bridgehead atoms. The fraction of sp³-hybridized carbons (Fsp3) is 0.154. The third kappa shape index (κ3) is 14.9. The fourth-order valence-corrected chi connectivity index (χ4v) is 9.02. The number of carbonyl (C=O) groups is 2. The number of hydrogen-bond acceptors (Lipinski definition) is 11. The summed E-state index contributed by atoms with van der Waals surface area (Å²) >= 11 is 13.9. The zero-order valence-corrected chi connectivity index (χ0v) is 42.5. The molecule has 1 fully saturated rings.